The molecule has 0 aliphatic rings. The molecule has 1 rings (SSSR count). The monoisotopic (exact) mass is 281 g/mol. The van der Waals surface area contributed by atoms with Crippen LogP contribution in [0.25, 0.3) is 0 Å². The number of hydrogen-bond acceptors (Lipinski definition) is 4. The fraction of sp³-hybridized carbons (Fsp3) is 0.385. The summed E-state index contributed by atoms with van der Waals surface area (Å²) in [6.45, 7) is 5.24. The van der Waals surface area contributed by atoms with Crippen molar-refractivity contribution in [1.29, 1.82) is 0 Å². The van der Waals surface area contributed by atoms with Crippen LogP contribution in [-0.4, -0.2) is 31.6 Å². The molecule has 0 aliphatic carbocycles. The predicted molar refractivity (Wildman–Crippen MR) is 81.2 cm³/mol. The molecule has 6 heteroatoms. The zero-order chi connectivity index (χ0) is 14.1. The Morgan fingerprint density at radius 2 is 2.16 bits per heavy atom. The Kier molecular flexibility index (Phi) is 6.67. The van der Waals surface area contributed by atoms with Gasteiger partial charge in [-0.15, -0.1) is 0 Å². The number of hydrogen-bond donors (Lipinski definition) is 2. The highest BCUT2D eigenvalue weighted by Crippen LogP contribution is 2.27. The lowest BCUT2D eigenvalue weighted by Crippen LogP contribution is -2.31. The quantitative estimate of drug-likeness (QED) is 0.474. The third-order valence-electron chi connectivity index (χ3n) is 2.20. The van der Waals surface area contributed by atoms with Crippen LogP contribution in [0, 0.1) is 0 Å². The number of nitrogens with one attached hydrogen (secondary N) is 2. The van der Waals surface area contributed by atoms with Crippen molar-refractivity contribution in [2.45, 2.75) is 13.8 Å². The lowest BCUT2D eigenvalue weighted by molar-refractivity contribution is 0.311. The third-order valence-corrected chi connectivity index (χ3v) is 2.44. The van der Waals surface area contributed by atoms with Gasteiger partial charge >= 0.3 is 0 Å². The van der Waals surface area contributed by atoms with Crippen LogP contribution in [0.5, 0.6) is 11.5 Å². The molecule has 1 aromatic rings. The average Bonchev–Trinajstić information content (AvgIpc) is 2.40. The van der Waals surface area contributed by atoms with Crippen LogP contribution >= 0.6 is 12.2 Å². The fourth-order valence-corrected chi connectivity index (χ4v) is 1.60. The van der Waals surface area contributed by atoms with E-state index in [0.29, 0.717) is 23.2 Å². The van der Waals surface area contributed by atoms with Gasteiger partial charge in [-0.1, -0.05) is 0 Å². The van der Waals surface area contributed by atoms with Crippen LogP contribution in [0.3, 0.4) is 0 Å². The van der Waals surface area contributed by atoms with E-state index in [1.54, 1.807) is 13.3 Å². The topological polar surface area (TPSA) is 54.9 Å². The van der Waals surface area contributed by atoms with Crippen molar-refractivity contribution in [2.24, 2.45) is 5.10 Å². The van der Waals surface area contributed by atoms with Gasteiger partial charge in [0, 0.05) is 6.54 Å². The van der Waals surface area contributed by atoms with Gasteiger partial charge in [-0.05, 0) is 49.8 Å². The Morgan fingerprint density at radius 3 is 2.79 bits per heavy atom. The van der Waals surface area contributed by atoms with Gasteiger partial charge in [0.25, 0.3) is 0 Å². The van der Waals surface area contributed by atoms with E-state index < -0.39 is 0 Å². The zero-order valence-corrected chi connectivity index (χ0v) is 12.2. The van der Waals surface area contributed by atoms with Crippen LogP contribution in [0.15, 0.2) is 23.3 Å². The Labute approximate surface area is 119 Å². The number of benzene rings is 1. The molecule has 0 spiro atoms. The fourth-order valence-electron chi connectivity index (χ4n) is 1.41. The van der Waals surface area contributed by atoms with Crippen molar-refractivity contribution in [2.75, 3.05) is 20.3 Å². The number of hydrazone groups is 1. The van der Waals surface area contributed by atoms with Crippen molar-refractivity contribution >= 4 is 23.5 Å². The van der Waals surface area contributed by atoms with Crippen LogP contribution in [0.2, 0.25) is 0 Å². The van der Waals surface area contributed by atoms with Gasteiger partial charge in [-0.3, -0.25) is 5.43 Å². The lowest BCUT2D eigenvalue weighted by atomic mass is 10.2. The van der Waals surface area contributed by atoms with Gasteiger partial charge < -0.3 is 14.8 Å². The van der Waals surface area contributed by atoms with E-state index in [0.717, 1.165) is 12.1 Å². The van der Waals surface area contributed by atoms with Crippen molar-refractivity contribution in [3.8, 4) is 11.5 Å². The van der Waals surface area contributed by atoms with E-state index >= 15 is 0 Å². The molecular formula is C13H19N3O2S. The Balaban J connectivity index is 2.70. The van der Waals surface area contributed by atoms with E-state index in [-0.39, 0.29) is 0 Å². The van der Waals surface area contributed by atoms with Crippen LogP contribution in [0.4, 0.5) is 0 Å². The van der Waals surface area contributed by atoms with Gasteiger partial charge in [0.1, 0.15) is 0 Å². The highest BCUT2D eigenvalue weighted by atomic mass is 32.1. The Morgan fingerprint density at radius 1 is 1.37 bits per heavy atom. The summed E-state index contributed by atoms with van der Waals surface area (Å²) in [6, 6.07) is 5.60. The summed E-state index contributed by atoms with van der Waals surface area (Å²) in [4.78, 5) is 0. The summed E-state index contributed by atoms with van der Waals surface area (Å²) in [5.74, 6) is 1.40. The first kappa shape index (κ1) is 15.2. The Hall–Kier alpha value is -1.82. The second-order valence-electron chi connectivity index (χ2n) is 3.57. The SMILES string of the molecule is CCNC(=S)N/N=C/c1ccc(OC)c(OCC)c1. The smallest absolute Gasteiger partial charge is 0.186 e. The van der Waals surface area contributed by atoms with Gasteiger partial charge in [-0.2, -0.15) is 5.10 Å². The Bertz CT molecular complexity index is 450. The van der Waals surface area contributed by atoms with E-state index in [1.807, 2.05) is 32.0 Å². The minimum absolute atomic E-state index is 0.497. The molecule has 2 N–H and O–H groups in total. The first-order valence-electron chi connectivity index (χ1n) is 6.09. The van der Waals surface area contributed by atoms with Gasteiger partial charge in [0.05, 0.1) is 19.9 Å². The molecule has 0 saturated carbocycles. The van der Waals surface area contributed by atoms with Crippen LogP contribution in [0.1, 0.15) is 19.4 Å². The molecule has 19 heavy (non-hydrogen) atoms. The van der Waals surface area contributed by atoms with E-state index in [4.69, 9.17) is 21.7 Å². The first-order chi connectivity index (χ1) is 9.21. The summed E-state index contributed by atoms with van der Waals surface area (Å²) < 4.78 is 10.7. The second-order valence-corrected chi connectivity index (χ2v) is 3.98. The van der Waals surface area contributed by atoms with E-state index in [1.165, 1.54) is 0 Å². The predicted octanol–water partition coefficient (Wildman–Crippen LogP) is 1.91. The number of thiocarbonyl (C=S) groups is 1. The summed E-state index contributed by atoms with van der Waals surface area (Å²) in [6.07, 6.45) is 1.67. The molecule has 0 radical (unpaired) electrons. The van der Waals surface area contributed by atoms with Gasteiger partial charge in [0.15, 0.2) is 16.6 Å². The molecule has 0 fully saturated rings. The van der Waals surface area contributed by atoms with Crippen molar-refractivity contribution in [1.82, 2.24) is 10.7 Å². The number of rotatable bonds is 6. The summed E-state index contributed by atoms with van der Waals surface area (Å²) in [7, 11) is 1.61. The molecule has 0 aliphatic heterocycles. The maximum atomic E-state index is 5.49. The highest BCUT2D eigenvalue weighted by Gasteiger charge is 2.03. The number of methoxy groups -OCH3 is 1. The van der Waals surface area contributed by atoms with Crippen LogP contribution < -0.4 is 20.2 Å². The molecule has 0 aromatic heterocycles. The minimum Gasteiger partial charge on any atom is -0.493 e. The maximum Gasteiger partial charge on any atom is 0.186 e. The molecule has 1 aromatic carbocycles. The molecule has 0 bridgehead atoms. The number of ether oxygens (including phenoxy) is 2. The summed E-state index contributed by atoms with van der Waals surface area (Å²) >= 11 is 4.99. The van der Waals surface area contributed by atoms with Gasteiger partial charge in [-0.25, -0.2) is 0 Å². The van der Waals surface area contributed by atoms with Crippen molar-refractivity contribution in [3.63, 3.8) is 0 Å². The summed E-state index contributed by atoms with van der Waals surface area (Å²) in [5, 5.41) is 7.48. The van der Waals surface area contributed by atoms with Crippen molar-refractivity contribution in [3.05, 3.63) is 23.8 Å². The van der Waals surface area contributed by atoms with E-state index in [9.17, 15) is 0 Å². The third kappa shape index (κ3) is 5.13. The normalized spacial score (nSPS) is 10.3. The van der Waals surface area contributed by atoms with Crippen molar-refractivity contribution < 1.29 is 9.47 Å². The lowest BCUT2D eigenvalue weighted by Gasteiger charge is -2.09. The second kappa shape index (κ2) is 8.31. The average molecular weight is 281 g/mol. The summed E-state index contributed by atoms with van der Waals surface area (Å²) in [5.41, 5.74) is 3.63. The van der Waals surface area contributed by atoms with E-state index in [2.05, 4.69) is 15.8 Å². The largest absolute Gasteiger partial charge is 0.493 e. The molecular weight excluding hydrogens is 262 g/mol. The molecule has 0 saturated heterocycles. The molecule has 104 valence electrons. The molecule has 0 unspecified atom stereocenters. The first-order valence-corrected chi connectivity index (χ1v) is 6.49. The number of nitrogens with zero attached hydrogens (tertiary/aromatic N) is 1. The van der Waals surface area contributed by atoms with Gasteiger partial charge in [0.2, 0.25) is 0 Å². The maximum absolute atomic E-state index is 5.49. The van der Waals surface area contributed by atoms with Crippen LogP contribution in [-0.2, 0) is 0 Å². The highest BCUT2D eigenvalue weighted by molar-refractivity contribution is 7.80. The molecule has 5 nitrogen and oxygen atoms in total. The zero-order valence-electron chi connectivity index (χ0n) is 11.4. The minimum atomic E-state index is 0.497. The molecule has 0 amide bonds. The molecule has 0 heterocycles. The standard InChI is InChI=1S/C13H19N3O2S/c1-4-14-13(19)16-15-9-10-6-7-11(17-3)12(8-10)18-5-2/h6-9H,4-5H2,1-3H3,(H2,14,16,19)/b15-9+. The molecule has 0 atom stereocenters.